The number of aryl methyl sites for hydroxylation is 1. The maximum atomic E-state index is 11.8. The molecular weight excluding hydrogens is 266 g/mol. The van der Waals surface area contributed by atoms with Gasteiger partial charge in [-0.05, 0) is 19.1 Å². The minimum atomic E-state index is -0.166. The smallest absolute Gasteiger partial charge is 0.266 e. The first kappa shape index (κ1) is 13.4. The van der Waals surface area contributed by atoms with Gasteiger partial charge in [-0.15, -0.1) is 0 Å². The number of hydrogen-bond donors (Lipinski definition) is 2. The van der Waals surface area contributed by atoms with E-state index in [4.69, 9.17) is 11.6 Å². The van der Waals surface area contributed by atoms with Crippen LogP contribution in [0.15, 0.2) is 36.9 Å². The number of nitrogens with one attached hydrogen (secondary N) is 1. The Bertz CT molecular complexity index is 595. The van der Waals surface area contributed by atoms with Crippen molar-refractivity contribution in [3.05, 3.63) is 41.9 Å². The van der Waals surface area contributed by atoms with Crippen LogP contribution in [0.2, 0.25) is 5.02 Å². The van der Waals surface area contributed by atoms with Crippen LogP contribution in [0, 0.1) is 0 Å². The van der Waals surface area contributed by atoms with E-state index in [1.165, 1.54) is 12.1 Å². The fourth-order valence-electron chi connectivity index (χ4n) is 1.68. The number of anilines is 1. The number of benzene rings is 1. The second-order valence-corrected chi connectivity index (χ2v) is 4.54. The third kappa shape index (κ3) is 3.48. The van der Waals surface area contributed by atoms with Gasteiger partial charge in [0.2, 0.25) is 6.33 Å². The van der Waals surface area contributed by atoms with Crippen molar-refractivity contribution < 1.29 is 14.5 Å². The van der Waals surface area contributed by atoms with Crippen molar-refractivity contribution in [3.63, 3.8) is 0 Å². The summed E-state index contributed by atoms with van der Waals surface area (Å²) in [5.74, 6) is -0.218. The second kappa shape index (κ2) is 5.75. The van der Waals surface area contributed by atoms with Gasteiger partial charge in [-0.25, -0.2) is 9.13 Å². The van der Waals surface area contributed by atoms with Crippen LogP contribution < -0.4 is 9.88 Å². The Balaban J connectivity index is 1.98. The number of amides is 1. The number of aromatic nitrogens is 2. The van der Waals surface area contributed by atoms with Crippen molar-refractivity contribution in [1.82, 2.24) is 4.57 Å². The Morgan fingerprint density at radius 3 is 2.95 bits per heavy atom. The second-order valence-electron chi connectivity index (χ2n) is 4.13. The molecule has 5 nitrogen and oxygen atoms in total. The average molecular weight is 281 g/mol. The molecule has 0 aliphatic heterocycles. The van der Waals surface area contributed by atoms with Crippen molar-refractivity contribution >= 4 is 23.2 Å². The fourth-order valence-corrected chi connectivity index (χ4v) is 1.79. The van der Waals surface area contributed by atoms with Gasteiger partial charge in [0.25, 0.3) is 5.91 Å². The first-order chi connectivity index (χ1) is 9.08. The Morgan fingerprint density at radius 1 is 1.53 bits per heavy atom. The maximum absolute atomic E-state index is 11.8. The first-order valence-electron chi connectivity index (χ1n) is 5.91. The van der Waals surface area contributed by atoms with Crippen LogP contribution in [-0.2, 0) is 17.9 Å². The molecule has 0 aliphatic rings. The predicted octanol–water partition coefficient (Wildman–Crippen LogP) is 1.79. The monoisotopic (exact) mass is 280 g/mol. The van der Waals surface area contributed by atoms with E-state index in [1.807, 2.05) is 30.2 Å². The summed E-state index contributed by atoms with van der Waals surface area (Å²) in [6.45, 7) is 3.11. The highest BCUT2D eigenvalue weighted by atomic mass is 35.5. The zero-order chi connectivity index (χ0) is 13.8. The van der Waals surface area contributed by atoms with Gasteiger partial charge in [0.1, 0.15) is 18.1 Å². The van der Waals surface area contributed by atoms with Crippen LogP contribution in [-0.4, -0.2) is 15.6 Å². The van der Waals surface area contributed by atoms with Gasteiger partial charge in [-0.3, -0.25) is 4.79 Å². The molecule has 0 spiro atoms. The first-order valence-corrected chi connectivity index (χ1v) is 6.29. The highest BCUT2D eigenvalue weighted by Gasteiger charge is 2.09. The molecule has 1 aromatic carbocycles. The summed E-state index contributed by atoms with van der Waals surface area (Å²) in [7, 11) is 0. The van der Waals surface area contributed by atoms with E-state index >= 15 is 0 Å². The molecule has 0 aliphatic carbocycles. The van der Waals surface area contributed by atoms with E-state index in [1.54, 1.807) is 10.6 Å². The number of imidazole rings is 1. The average Bonchev–Trinajstić information content (AvgIpc) is 2.81. The fraction of sp³-hybridized carbons (Fsp3) is 0.231. The van der Waals surface area contributed by atoms with Gasteiger partial charge in [0.15, 0.2) is 6.54 Å². The molecular formula is C13H15ClN3O2+. The van der Waals surface area contributed by atoms with Crippen LogP contribution in [0.1, 0.15) is 6.92 Å². The number of phenolic OH excluding ortho intramolecular Hbond substituents is 1. The number of halogens is 1. The van der Waals surface area contributed by atoms with E-state index in [-0.39, 0.29) is 23.2 Å². The number of nitrogens with zero attached hydrogens (tertiary/aromatic N) is 2. The molecule has 1 amide bonds. The van der Waals surface area contributed by atoms with Crippen molar-refractivity contribution in [2.75, 3.05) is 5.32 Å². The van der Waals surface area contributed by atoms with Gasteiger partial charge in [0, 0.05) is 11.8 Å². The molecule has 19 heavy (non-hydrogen) atoms. The summed E-state index contributed by atoms with van der Waals surface area (Å²) in [6.07, 6.45) is 5.60. The number of aromatic hydroxyl groups is 1. The number of carbonyl (C=O) groups is 1. The van der Waals surface area contributed by atoms with Crippen LogP contribution in [0.3, 0.4) is 0 Å². The van der Waals surface area contributed by atoms with Gasteiger partial charge in [0.05, 0.1) is 11.6 Å². The minimum Gasteiger partial charge on any atom is -0.506 e. The molecule has 0 saturated carbocycles. The van der Waals surface area contributed by atoms with Crippen LogP contribution in [0.25, 0.3) is 0 Å². The summed E-state index contributed by atoms with van der Waals surface area (Å²) < 4.78 is 3.76. The quantitative estimate of drug-likeness (QED) is 0.839. The molecule has 0 fully saturated rings. The summed E-state index contributed by atoms with van der Waals surface area (Å²) in [5, 5.41) is 12.4. The molecule has 6 heteroatoms. The van der Waals surface area contributed by atoms with Crippen molar-refractivity contribution in [2.45, 2.75) is 20.0 Å². The summed E-state index contributed by atoms with van der Waals surface area (Å²) in [5.41, 5.74) is 0.516. The molecule has 0 bridgehead atoms. The number of carbonyl (C=O) groups excluding carboxylic acids is 1. The molecule has 0 saturated heterocycles. The van der Waals surface area contributed by atoms with E-state index in [0.717, 1.165) is 6.54 Å². The minimum absolute atomic E-state index is 0.0516. The summed E-state index contributed by atoms with van der Waals surface area (Å²) in [6, 6.07) is 4.59. The molecule has 2 rings (SSSR count). The Kier molecular flexibility index (Phi) is 4.06. The van der Waals surface area contributed by atoms with E-state index in [2.05, 4.69) is 5.32 Å². The molecule has 1 aromatic heterocycles. The van der Waals surface area contributed by atoms with Gasteiger partial charge < -0.3 is 10.4 Å². The van der Waals surface area contributed by atoms with E-state index in [0.29, 0.717) is 5.69 Å². The lowest BCUT2D eigenvalue weighted by Crippen LogP contribution is -2.38. The van der Waals surface area contributed by atoms with Crippen LogP contribution >= 0.6 is 11.6 Å². The van der Waals surface area contributed by atoms with Gasteiger partial charge in [-0.2, -0.15) is 0 Å². The van der Waals surface area contributed by atoms with Crippen molar-refractivity contribution in [3.8, 4) is 5.75 Å². The highest BCUT2D eigenvalue weighted by molar-refractivity contribution is 6.32. The van der Waals surface area contributed by atoms with Crippen molar-refractivity contribution in [1.29, 1.82) is 0 Å². The standard InChI is InChI=1S/C13H14ClN3O2/c1-2-16-5-6-17(9-16)8-13(19)15-10-3-4-11(14)12(18)7-10/h3-7,9H,2,8H2,1H3,(H-,15,18,19)/p+1. The van der Waals surface area contributed by atoms with E-state index < -0.39 is 0 Å². The topological polar surface area (TPSA) is 58.1 Å². The SMILES string of the molecule is CCn1cc[n+](CC(=O)Nc2ccc(Cl)c(O)c2)c1. The number of phenols is 1. The maximum Gasteiger partial charge on any atom is 0.266 e. The molecule has 100 valence electrons. The summed E-state index contributed by atoms with van der Waals surface area (Å²) >= 11 is 5.70. The van der Waals surface area contributed by atoms with Gasteiger partial charge in [-0.1, -0.05) is 11.6 Å². The Hall–Kier alpha value is -2.01. The largest absolute Gasteiger partial charge is 0.506 e. The van der Waals surface area contributed by atoms with E-state index in [9.17, 15) is 9.90 Å². The number of hydrogen-bond acceptors (Lipinski definition) is 2. The lowest BCUT2D eigenvalue weighted by Gasteiger charge is -2.04. The molecule has 0 unspecified atom stereocenters. The molecule has 1 heterocycles. The molecule has 0 atom stereocenters. The lowest BCUT2D eigenvalue weighted by atomic mass is 10.3. The number of rotatable bonds is 4. The zero-order valence-corrected chi connectivity index (χ0v) is 11.3. The van der Waals surface area contributed by atoms with Crippen molar-refractivity contribution in [2.24, 2.45) is 0 Å². The third-order valence-corrected chi connectivity index (χ3v) is 2.99. The lowest BCUT2D eigenvalue weighted by molar-refractivity contribution is -0.683. The Labute approximate surface area is 116 Å². The Morgan fingerprint density at radius 2 is 2.32 bits per heavy atom. The normalized spacial score (nSPS) is 10.4. The van der Waals surface area contributed by atoms with Crippen LogP contribution in [0.5, 0.6) is 5.75 Å². The van der Waals surface area contributed by atoms with Crippen LogP contribution in [0.4, 0.5) is 5.69 Å². The molecule has 2 aromatic rings. The summed E-state index contributed by atoms with van der Waals surface area (Å²) in [4.78, 5) is 11.8. The zero-order valence-electron chi connectivity index (χ0n) is 10.5. The molecule has 0 radical (unpaired) electrons. The molecule has 2 N–H and O–H groups in total. The van der Waals surface area contributed by atoms with Gasteiger partial charge >= 0.3 is 0 Å². The highest BCUT2D eigenvalue weighted by Crippen LogP contribution is 2.25. The predicted molar refractivity (Wildman–Crippen MR) is 72.0 cm³/mol. The third-order valence-electron chi connectivity index (χ3n) is 2.67.